The number of nitrogens with one attached hydrogen (secondary N) is 2. The zero-order valence-electron chi connectivity index (χ0n) is 17.7. The zero-order chi connectivity index (χ0) is 21.1. The number of rotatable bonds is 3. The first-order valence-corrected chi connectivity index (χ1v) is 11.4. The van der Waals surface area contributed by atoms with Crippen molar-refractivity contribution in [3.8, 4) is 22.4 Å². The number of aromatic amines is 2. The van der Waals surface area contributed by atoms with Crippen molar-refractivity contribution in [3.63, 3.8) is 0 Å². The van der Waals surface area contributed by atoms with E-state index in [9.17, 15) is 0 Å². The highest BCUT2D eigenvalue weighted by atomic mass is 32.1. The number of benzene rings is 3. The fourth-order valence-electron chi connectivity index (χ4n) is 4.19. The lowest BCUT2D eigenvalue weighted by atomic mass is 10.0. The fourth-order valence-corrected chi connectivity index (χ4v) is 5.42. The first-order chi connectivity index (χ1) is 15.1. The van der Waals surface area contributed by atoms with Crippen LogP contribution in [0.2, 0.25) is 0 Å². The van der Waals surface area contributed by atoms with Crippen molar-refractivity contribution in [2.24, 2.45) is 0 Å². The summed E-state index contributed by atoms with van der Waals surface area (Å²) in [6.45, 7) is 6.31. The second kappa shape index (κ2) is 6.79. The lowest BCUT2D eigenvalue weighted by Crippen LogP contribution is -1.88. The van der Waals surface area contributed by atoms with Crippen LogP contribution in [0.15, 0.2) is 60.8 Å². The highest BCUT2D eigenvalue weighted by molar-refractivity contribution is 7.26. The summed E-state index contributed by atoms with van der Waals surface area (Å²) in [5.74, 6) is 2.37. The normalized spacial score (nSPS) is 12.0. The van der Waals surface area contributed by atoms with Gasteiger partial charge in [-0.1, -0.05) is 56.3 Å². The topological polar surface area (TPSA) is 57.4 Å². The average molecular weight is 423 g/mol. The minimum atomic E-state index is 0.386. The average Bonchev–Trinajstić information content (AvgIpc) is 3.49. The van der Waals surface area contributed by atoms with Gasteiger partial charge in [-0.15, -0.1) is 11.3 Å². The third-order valence-electron chi connectivity index (χ3n) is 5.89. The van der Waals surface area contributed by atoms with Gasteiger partial charge < -0.3 is 9.97 Å². The van der Waals surface area contributed by atoms with Gasteiger partial charge in [0.2, 0.25) is 0 Å². The Morgan fingerprint density at radius 1 is 0.839 bits per heavy atom. The van der Waals surface area contributed by atoms with Crippen molar-refractivity contribution in [3.05, 3.63) is 72.4 Å². The molecule has 3 aromatic carbocycles. The smallest absolute Gasteiger partial charge is 0.109 e. The molecule has 0 unspecified atom stereocenters. The summed E-state index contributed by atoms with van der Waals surface area (Å²) < 4.78 is 2.56. The van der Waals surface area contributed by atoms with Gasteiger partial charge in [0.1, 0.15) is 17.2 Å². The number of hydrogen-bond donors (Lipinski definition) is 2. The first-order valence-electron chi connectivity index (χ1n) is 10.5. The van der Waals surface area contributed by atoms with E-state index in [0.29, 0.717) is 5.92 Å². The number of aromatic nitrogens is 4. The minimum Gasteiger partial charge on any atom is -0.342 e. The van der Waals surface area contributed by atoms with Crippen LogP contribution in [0.3, 0.4) is 0 Å². The van der Waals surface area contributed by atoms with Gasteiger partial charge in [-0.2, -0.15) is 0 Å². The van der Waals surface area contributed by atoms with Crippen LogP contribution in [0.5, 0.6) is 0 Å². The molecule has 0 aliphatic heterocycles. The lowest BCUT2D eigenvalue weighted by molar-refractivity contribution is 0.799. The van der Waals surface area contributed by atoms with E-state index in [0.717, 1.165) is 33.9 Å². The molecule has 2 N–H and O–H groups in total. The maximum absolute atomic E-state index is 4.90. The summed E-state index contributed by atoms with van der Waals surface area (Å²) in [4.78, 5) is 16.0. The van der Waals surface area contributed by atoms with E-state index in [-0.39, 0.29) is 0 Å². The molecule has 6 aromatic rings. The quantitative estimate of drug-likeness (QED) is 0.312. The molecule has 0 saturated carbocycles. The van der Waals surface area contributed by atoms with Crippen molar-refractivity contribution in [1.29, 1.82) is 0 Å². The molecule has 152 valence electrons. The molecule has 5 heteroatoms. The monoisotopic (exact) mass is 422 g/mol. The summed E-state index contributed by atoms with van der Waals surface area (Å²) in [5.41, 5.74) is 6.84. The third-order valence-corrected chi connectivity index (χ3v) is 7.06. The molecule has 0 saturated heterocycles. The van der Waals surface area contributed by atoms with Crippen LogP contribution in [0.25, 0.3) is 53.6 Å². The molecule has 0 bridgehead atoms. The summed E-state index contributed by atoms with van der Waals surface area (Å²) in [6, 6.07) is 19.8. The van der Waals surface area contributed by atoms with Crippen molar-refractivity contribution in [1.82, 2.24) is 19.9 Å². The van der Waals surface area contributed by atoms with E-state index in [4.69, 9.17) is 4.98 Å². The van der Waals surface area contributed by atoms with E-state index in [2.05, 4.69) is 83.4 Å². The van der Waals surface area contributed by atoms with Crippen molar-refractivity contribution >= 4 is 42.5 Å². The molecule has 0 radical (unpaired) electrons. The standard InChI is InChI=1S/C26H22N4S/c1-14(2)26-29-21-11-10-20-19-9-8-18(12-23(19)31-25(20)24(21)30-26)16-4-6-17(7-5-16)22-13-27-15(3)28-22/h4-14H,1-3H3,(H,27,28)(H,29,30). The summed E-state index contributed by atoms with van der Waals surface area (Å²) in [7, 11) is 0. The third kappa shape index (κ3) is 2.96. The molecule has 31 heavy (non-hydrogen) atoms. The van der Waals surface area contributed by atoms with Crippen LogP contribution >= 0.6 is 11.3 Å². The molecule has 0 amide bonds. The summed E-state index contributed by atoms with van der Waals surface area (Å²) in [6.07, 6.45) is 1.88. The Balaban J connectivity index is 1.44. The number of imidazole rings is 2. The molecule has 0 atom stereocenters. The van der Waals surface area contributed by atoms with Gasteiger partial charge in [0.05, 0.1) is 22.1 Å². The SMILES string of the molecule is Cc1ncc(-c2ccc(-c3ccc4c(c3)sc3c4ccc4[nH]c(C(C)C)nc43)cc2)[nH]1. The van der Waals surface area contributed by atoms with Gasteiger partial charge in [-0.25, -0.2) is 9.97 Å². The maximum Gasteiger partial charge on any atom is 0.109 e. The van der Waals surface area contributed by atoms with E-state index in [1.54, 1.807) is 0 Å². The van der Waals surface area contributed by atoms with Gasteiger partial charge in [0.25, 0.3) is 0 Å². The predicted molar refractivity (Wildman–Crippen MR) is 131 cm³/mol. The maximum atomic E-state index is 4.90. The molecule has 6 rings (SSSR count). The number of nitrogens with zero attached hydrogens (tertiary/aromatic N) is 2. The number of aryl methyl sites for hydroxylation is 1. The Morgan fingerprint density at radius 3 is 2.32 bits per heavy atom. The number of H-pyrrole nitrogens is 2. The number of fused-ring (bicyclic) bond motifs is 5. The molecule has 0 aliphatic rings. The van der Waals surface area contributed by atoms with Gasteiger partial charge >= 0.3 is 0 Å². The first kappa shape index (κ1) is 18.3. The van der Waals surface area contributed by atoms with Crippen LogP contribution in [0.1, 0.15) is 31.4 Å². The summed E-state index contributed by atoms with van der Waals surface area (Å²) >= 11 is 1.83. The second-order valence-corrected chi connectivity index (χ2v) is 9.44. The molecule has 0 aliphatic carbocycles. The Morgan fingerprint density at radius 2 is 1.58 bits per heavy atom. The second-order valence-electron chi connectivity index (χ2n) is 8.39. The summed E-state index contributed by atoms with van der Waals surface area (Å²) in [5, 5.41) is 2.58. The van der Waals surface area contributed by atoms with Crippen molar-refractivity contribution < 1.29 is 0 Å². The zero-order valence-corrected chi connectivity index (χ0v) is 18.5. The molecule has 0 fully saturated rings. The van der Waals surface area contributed by atoms with Crippen LogP contribution in [-0.4, -0.2) is 19.9 Å². The number of thiophene rings is 1. The lowest BCUT2D eigenvalue weighted by Gasteiger charge is -2.04. The molecule has 3 aromatic heterocycles. The van der Waals surface area contributed by atoms with Gasteiger partial charge in [0.15, 0.2) is 0 Å². The predicted octanol–water partition coefficient (Wildman–Crippen LogP) is 7.42. The van der Waals surface area contributed by atoms with E-state index < -0.39 is 0 Å². The van der Waals surface area contributed by atoms with Gasteiger partial charge in [0, 0.05) is 21.4 Å². The van der Waals surface area contributed by atoms with Crippen LogP contribution in [-0.2, 0) is 0 Å². The molecule has 0 spiro atoms. The Labute approximate surface area is 184 Å². The fraction of sp³-hybridized carbons (Fsp3) is 0.154. The molecular weight excluding hydrogens is 400 g/mol. The van der Waals surface area contributed by atoms with Crippen LogP contribution < -0.4 is 0 Å². The van der Waals surface area contributed by atoms with Crippen LogP contribution in [0, 0.1) is 6.92 Å². The highest BCUT2D eigenvalue weighted by Crippen LogP contribution is 2.39. The van der Waals surface area contributed by atoms with Gasteiger partial charge in [-0.3, -0.25) is 0 Å². The van der Waals surface area contributed by atoms with E-state index in [1.807, 2.05) is 24.5 Å². The number of hydrogen-bond acceptors (Lipinski definition) is 3. The Hall–Kier alpha value is -3.44. The largest absolute Gasteiger partial charge is 0.342 e. The molecule has 3 heterocycles. The molecule has 4 nitrogen and oxygen atoms in total. The Bertz CT molecular complexity index is 1560. The van der Waals surface area contributed by atoms with Crippen molar-refractivity contribution in [2.75, 3.05) is 0 Å². The van der Waals surface area contributed by atoms with Crippen molar-refractivity contribution in [2.45, 2.75) is 26.7 Å². The molecular formula is C26H22N4S. The van der Waals surface area contributed by atoms with E-state index in [1.165, 1.54) is 31.3 Å². The van der Waals surface area contributed by atoms with Crippen LogP contribution in [0.4, 0.5) is 0 Å². The Kier molecular flexibility index (Phi) is 4.02. The van der Waals surface area contributed by atoms with Gasteiger partial charge in [-0.05, 0) is 35.7 Å². The highest BCUT2D eigenvalue weighted by Gasteiger charge is 2.14. The minimum absolute atomic E-state index is 0.386. The van der Waals surface area contributed by atoms with E-state index >= 15 is 0 Å².